The lowest BCUT2D eigenvalue weighted by Gasteiger charge is -2.41. The number of benzene rings is 1. The van der Waals surface area contributed by atoms with Gasteiger partial charge in [0.15, 0.2) is 0 Å². The lowest BCUT2D eigenvalue weighted by molar-refractivity contribution is 0.111. The number of rotatable bonds is 2. The Kier molecular flexibility index (Phi) is 3.33. The Morgan fingerprint density at radius 3 is 2.71 bits per heavy atom. The van der Waals surface area contributed by atoms with E-state index in [2.05, 4.69) is 0 Å². The largest absolute Gasteiger partial charge is 0.465 e. The van der Waals surface area contributed by atoms with Gasteiger partial charge in [0, 0.05) is 25.0 Å². The van der Waals surface area contributed by atoms with Crippen molar-refractivity contribution in [2.45, 2.75) is 18.3 Å². The zero-order valence-electron chi connectivity index (χ0n) is 9.80. The molecule has 17 heavy (non-hydrogen) atoms. The van der Waals surface area contributed by atoms with E-state index in [1.165, 1.54) is 4.90 Å². The molecule has 0 spiro atoms. The predicted octanol–water partition coefficient (Wildman–Crippen LogP) is 1.66. The minimum absolute atomic E-state index is 0.210. The summed E-state index contributed by atoms with van der Waals surface area (Å²) in [5, 5.41) is 9.10. The van der Waals surface area contributed by atoms with E-state index in [1.54, 1.807) is 0 Å². The van der Waals surface area contributed by atoms with Gasteiger partial charge in [-0.1, -0.05) is 30.3 Å². The summed E-state index contributed by atoms with van der Waals surface area (Å²) < 4.78 is 0. The van der Waals surface area contributed by atoms with Crippen LogP contribution in [0.2, 0.25) is 0 Å². The van der Waals surface area contributed by atoms with Crippen molar-refractivity contribution in [1.82, 2.24) is 4.90 Å². The van der Waals surface area contributed by atoms with E-state index in [4.69, 9.17) is 10.8 Å². The van der Waals surface area contributed by atoms with E-state index in [-0.39, 0.29) is 5.41 Å². The Bertz CT molecular complexity index is 394. The van der Waals surface area contributed by atoms with Gasteiger partial charge in [-0.05, 0) is 18.4 Å². The number of carbonyl (C=O) groups is 1. The van der Waals surface area contributed by atoms with Crippen LogP contribution < -0.4 is 5.73 Å². The average Bonchev–Trinajstić information content (AvgIpc) is 2.39. The first-order valence-electron chi connectivity index (χ1n) is 5.91. The Morgan fingerprint density at radius 2 is 2.12 bits per heavy atom. The second-order valence-electron chi connectivity index (χ2n) is 4.66. The molecule has 0 bridgehead atoms. The maximum atomic E-state index is 11.1. The third-order valence-corrected chi connectivity index (χ3v) is 3.62. The lowest BCUT2D eigenvalue weighted by Crippen LogP contribution is -2.51. The number of hydrogen-bond acceptors (Lipinski definition) is 2. The van der Waals surface area contributed by atoms with Crippen LogP contribution in [0, 0.1) is 0 Å². The van der Waals surface area contributed by atoms with Gasteiger partial charge in [0.2, 0.25) is 0 Å². The molecule has 1 fully saturated rings. The molecule has 1 aliphatic heterocycles. The van der Waals surface area contributed by atoms with E-state index in [0.29, 0.717) is 19.6 Å². The summed E-state index contributed by atoms with van der Waals surface area (Å²) in [5.41, 5.74) is 6.85. The Labute approximate surface area is 101 Å². The van der Waals surface area contributed by atoms with Gasteiger partial charge in [0.05, 0.1) is 0 Å². The van der Waals surface area contributed by atoms with E-state index in [1.807, 2.05) is 30.3 Å². The topological polar surface area (TPSA) is 66.6 Å². The van der Waals surface area contributed by atoms with Gasteiger partial charge in [0.1, 0.15) is 0 Å². The molecule has 1 heterocycles. The summed E-state index contributed by atoms with van der Waals surface area (Å²) >= 11 is 0. The van der Waals surface area contributed by atoms with Crippen LogP contribution in [0.4, 0.5) is 4.79 Å². The van der Waals surface area contributed by atoms with Crippen LogP contribution in [0.25, 0.3) is 0 Å². The van der Waals surface area contributed by atoms with Crippen molar-refractivity contribution in [3.05, 3.63) is 35.9 Å². The van der Waals surface area contributed by atoms with Crippen LogP contribution in [0.5, 0.6) is 0 Å². The van der Waals surface area contributed by atoms with E-state index < -0.39 is 6.09 Å². The van der Waals surface area contributed by atoms with Crippen LogP contribution in [-0.4, -0.2) is 35.7 Å². The van der Waals surface area contributed by atoms with Crippen molar-refractivity contribution in [3.63, 3.8) is 0 Å². The summed E-state index contributed by atoms with van der Waals surface area (Å²) in [6.45, 7) is 1.60. The molecule has 92 valence electrons. The first kappa shape index (κ1) is 11.9. The second-order valence-corrected chi connectivity index (χ2v) is 4.66. The Hall–Kier alpha value is -1.55. The highest BCUT2D eigenvalue weighted by atomic mass is 16.4. The van der Waals surface area contributed by atoms with Crippen molar-refractivity contribution in [3.8, 4) is 0 Å². The molecule has 1 aromatic rings. The monoisotopic (exact) mass is 234 g/mol. The SMILES string of the molecule is NCC1(c2ccccc2)CCCN(C(=O)O)C1. The molecule has 0 aromatic heterocycles. The fraction of sp³-hybridized carbons (Fsp3) is 0.462. The van der Waals surface area contributed by atoms with Gasteiger partial charge in [-0.3, -0.25) is 0 Å². The van der Waals surface area contributed by atoms with E-state index >= 15 is 0 Å². The summed E-state index contributed by atoms with van der Waals surface area (Å²) in [5.74, 6) is 0. The molecular weight excluding hydrogens is 216 g/mol. The second kappa shape index (κ2) is 4.75. The van der Waals surface area contributed by atoms with Gasteiger partial charge >= 0.3 is 6.09 Å². The number of nitrogens with zero attached hydrogens (tertiary/aromatic N) is 1. The van der Waals surface area contributed by atoms with E-state index in [0.717, 1.165) is 18.4 Å². The number of carboxylic acid groups (broad SMARTS) is 1. The van der Waals surface area contributed by atoms with Crippen LogP contribution in [0.1, 0.15) is 18.4 Å². The minimum atomic E-state index is -0.849. The quantitative estimate of drug-likeness (QED) is 0.817. The molecule has 4 heteroatoms. The molecule has 0 radical (unpaired) electrons. The summed E-state index contributed by atoms with van der Waals surface area (Å²) in [6.07, 6.45) is 0.980. The average molecular weight is 234 g/mol. The predicted molar refractivity (Wildman–Crippen MR) is 66.0 cm³/mol. The Morgan fingerprint density at radius 1 is 1.41 bits per heavy atom. The number of likely N-dealkylation sites (tertiary alicyclic amines) is 1. The van der Waals surface area contributed by atoms with Crippen molar-refractivity contribution < 1.29 is 9.90 Å². The molecular formula is C13H18N2O2. The fourth-order valence-electron chi connectivity index (χ4n) is 2.61. The summed E-state index contributed by atoms with van der Waals surface area (Å²) in [6, 6.07) is 10.0. The molecule has 1 amide bonds. The molecule has 1 unspecified atom stereocenters. The molecule has 1 aliphatic rings. The van der Waals surface area contributed by atoms with Gasteiger partial charge in [-0.2, -0.15) is 0 Å². The van der Waals surface area contributed by atoms with Crippen LogP contribution >= 0.6 is 0 Å². The number of amides is 1. The number of piperidine rings is 1. The van der Waals surface area contributed by atoms with Crippen LogP contribution in [0.3, 0.4) is 0 Å². The normalized spacial score (nSPS) is 24.6. The van der Waals surface area contributed by atoms with Gasteiger partial charge < -0.3 is 15.7 Å². The van der Waals surface area contributed by atoms with Crippen LogP contribution in [-0.2, 0) is 5.41 Å². The third kappa shape index (κ3) is 2.26. The Balaban J connectivity index is 2.28. The maximum absolute atomic E-state index is 11.1. The van der Waals surface area contributed by atoms with Crippen molar-refractivity contribution in [2.75, 3.05) is 19.6 Å². The zero-order chi connectivity index (χ0) is 12.3. The van der Waals surface area contributed by atoms with Crippen molar-refractivity contribution in [1.29, 1.82) is 0 Å². The highest BCUT2D eigenvalue weighted by Gasteiger charge is 2.37. The smallest absolute Gasteiger partial charge is 0.407 e. The molecule has 1 atom stereocenters. The maximum Gasteiger partial charge on any atom is 0.407 e. The van der Waals surface area contributed by atoms with Crippen molar-refractivity contribution in [2.24, 2.45) is 5.73 Å². The highest BCUT2D eigenvalue weighted by Crippen LogP contribution is 2.33. The summed E-state index contributed by atoms with van der Waals surface area (Å²) in [4.78, 5) is 12.6. The summed E-state index contributed by atoms with van der Waals surface area (Å²) in [7, 11) is 0. The fourth-order valence-corrected chi connectivity index (χ4v) is 2.61. The number of hydrogen-bond donors (Lipinski definition) is 2. The molecule has 0 aliphatic carbocycles. The minimum Gasteiger partial charge on any atom is -0.465 e. The number of nitrogens with two attached hydrogens (primary N) is 1. The highest BCUT2D eigenvalue weighted by molar-refractivity contribution is 5.65. The third-order valence-electron chi connectivity index (χ3n) is 3.62. The molecule has 1 aromatic carbocycles. The first-order chi connectivity index (χ1) is 8.18. The zero-order valence-corrected chi connectivity index (χ0v) is 9.80. The molecule has 2 rings (SSSR count). The molecule has 1 saturated heterocycles. The molecule has 4 nitrogen and oxygen atoms in total. The van der Waals surface area contributed by atoms with Crippen molar-refractivity contribution >= 4 is 6.09 Å². The standard InChI is InChI=1S/C13H18N2O2/c14-9-13(11-5-2-1-3-6-11)7-4-8-15(10-13)12(16)17/h1-3,5-6H,4,7-10,14H2,(H,16,17). The molecule has 3 N–H and O–H groups in total. The molecule has 0 saturated carbocycles. The first-order valence-corrected chi connectivity index (χ1v) is 5.91. The van der Waals surface area contributed by atoms with E-state index in [9.17, 15) is 4.79 Å². The van der Waals surface area contributed by atoms with Crippen LogP contribution in [0.15, 0.2) is 30.3 Å². The van der Waals surface area contributed by atoms with Gasteiger partial charge in [0.25, 0.3) is 0 Å². The lowest BCUT2D eigenvalue weighted by atomic mass is 9.74. The van der Waals surface area contributed by atoms with Gasteiger partial charge in [-0.25, -0.2) is 4.79 Å². The van der Waals surface area contributed by atoms with Gasteiger partial charge in [-0.15, -0.1) is 0 Å².